The van der Waals surface area contributed by atoms with Crippen LogP contribution in [0.3, 0.4) is 0 Å². The molecule has 2 amide bonds. The standard InChI is InChI=1S/C19H25ClN4O/c1-2-18-21-9-12-24(18)14-16-7-10-23(11-8-16)19(25)22-13-15-3-5-17(20)6-4-15/h3-6,9,12,16H,2,7-8,10-11,13-14H2,1H3,(H,22,25). The molecule has 0 aliphatic carbocycles. The summed E-state index contributed by atoms with van der Waals surface area (Å²) < 4.78 is 2.25. The van der Waals surface area contributed by atoms with E-state index in [2.05, 4.69) is 28.0 Å². The maximum atomic E-state index is 12.3. The molecule has 0 unspecified atom stereocenters. The molecule has 0 spiro atoms. The zero-order valence-electron chi connectivity index (χ0n) is 14.6. The Morgan fingerprint density at radius 1 is 1.28 bits per heavy atom. The molecule has 1 aromatic heterocycles. The minimum absolute atomic E-state index is 0.0188. The van der Waals surface area contributed by atoms with Crippen LogP contribution in [-0.2, 0) is 19.5 Å². The Morgan fingerprint density at radius 3 is 2.68 bits per heavy atom. The topological polar surface area (TPSA) is 50.2 Å². The Hall–Kier alpha value is -2.01. The maximum Gasteiger partial charge on any atom is 0.317 e. The van der Waals surface area contributed by atoms with Gasteiger partial charge in [0, 0.05) is 50.0 Å². The van der Waals surface area contributed by atoms with Crippen LogP contribution in [0.1, 0.15) is 31.2 Å². The van der Waals surface area contributed by atoms with Gasteiger partial charge in [-0.15, -0.1) is 0 Å². The number of halogens is 1. The Kier molecular flexibility index (Phi) is 5.97. The summed E-state index contributed by atoms with van der Waals surface area (Å²) in [6.45, 7) is 5.29. The monoisotopic (exact) mass is 360 g/mol. The lowest BCUT2D eigenvalue weighted by molar-refractivity contribution is 0.165. The number of hydrogen-bond donors (Lipinski definition) is 1. The van der Waals surface area contributed by atoms with Gasteiger partial charge in [0.25, 0.3) is 0 Å². The number of amides is 2. The van der Waals surface area contributed by atoms with Crippen molar-refractivity contribution in [2.75, 3.05) is 13.1 Å². The largest absolute Gasteiger partial charge is 0.335 e. The van der Waals surface area contributed by atoms with Crippen molar-refractivity contribution >= 4 is 17.6 Å². The summed E-state index contributed by atoms with van der Waals surface area (Å²) in [5.74, 6) is 1.75. The third-order valence-corrected chi connectivity index (χ3v) is 5.08. The summed E-state index contributed by atoms with van der Waals surface area (Å²) in [5, 5.41) is 3.70. The molecule has 3 rings (SSSR count). The first-order valence-electron chi connectivity index (χ1n) is 8.93. The molecule has 0 saturated carbocycles. The van der Waals surface area contributed by atoms with Crippen LogP contribution in [0.15, 0.2) is 36.7 Å². The Morgan fingerprint density at radius 2 is 2.00 bits per heavy atom. The van der Waals surface area contributed by atoms with Crippen molar-refractivity contribution in [3.05, 3.63) is 53.1 Å². The normalized spacial score (nSPS) is 15.4. The number of carbonyl (C=O) groups is 1. The number of aromatic nitrogens is 2. The van der Waals surface area contributed by atoms with Gasteiger partial charge in [-0.1, -0.05) is 30.7 Å². The van der Waals surface area contributed by atoms with E-state index in [1.807, 2.05) is 35.4 Å². The van der Waals surface area contributed by atoms with Crippen LogP contribution in [0.5, 0.6) is 0 Å². The van der Waals surface area contributed by atoms with E-state index in [9.17, 15) is 4.79 Å². The highest BCUT2D eigenvalue weighted by Gasteiger charge is 2.23. The van der Waals surface area contributed by atoms with E-state index in [0.717, 1.165) is 50.3 Å². The third-order valence-electron chi connectivity index (χ3n) is 4.83. The SMILES string of the molecule is CCc1nccn1CC1CCN(C(=O)NCc2ccc(Cl)cc2)CC1. The maximum absolute atomic E-state index is 12.3. The summed E-state index contributed by atoms with van der Waals surface area (Å²) in [4.78, 5) is 18.6. The number of carbonyl (C=O) groups excluding carboxylic acids is 1. The van der Waals surface area contributed by atoms with E-state index in [-0.39, 0.29) is 6.03 Å². The van der Waals surface area contributed by atoms with Crippen molar-refractivity contribution in [3.8, 4) is 0 Å². The van der Waals surface area contributed by atoms with Crippen LogP contribution in [0, 0.1) is 5.92 Å². The summed E-state index contributed by atoms with van der Waals surface area (Å²) >= 11 is 5.88. The van der Waals surface area contributed by atoms with Crippen LogP contribution < -0.4 is 5.32 Å². The highest BCUT2D eigenvalue weighted by molar-refractivity contribution is 6.30. The van der Waals surface area contributed by atoms with Crippen LogP contribution in [0.4, 0.5) is 4.79 Å². The second kappa shape index (κ2) is 8.39. The number of aryl methyl sites for hydroxylation is 1. The molecule has 1 saturated heterocycles. The van der Waals surface area contributed by atoms with Gasteiger partial charge < -0.3 is 14.8 Å². The van der Waals surface area contributed by atoms with Crippen molar-refractivity contribution in [1.29, 1.82) is 0 Å². The van der Waals surface area contributed by atoms with Crippen molar-refractivity contribution in [2.24, 2.45) is 5.92 Å². The number of rotatable bonds is 5. The molecule has 6 heteroatoms. The van der Waals surface area contributed by atoms with E-state index in [1.54, 1.807) is 0 Å². The zero-order valence-corrected chi connectivity index (χ0v) is 15.4. The number of benzene rings is 1. The summed E-state index contributed by atoms with van der Waals surface area (Å²) in [6.07, 6.45) is 6.96. The Bertz CT molecular complexity index is 690. The number of piperidine rings is 1. The predicted octanol–water partition coefficient (Wildman–Crippen LogP) is 3.72. The van der Waals surface area contributed by atoms with Crippen molar-refractivity contribution < 1.29 is 4.79 Å². The fourth-order valence-corrected chi connectivity index (χ4v) is 3.44. The van der Waals surface area contributed by atoms with Gasteiger partial charge in [0.15, 0.2) is 0 Å². The first-order chi connectivity index (χ1) is 12.2. The number of likely N-dealkylation sites (tertiary alicyclic amines) is 1. The molecule has 1 fully saturated rings. The molecular formula is C19H25ClN4O. The minimum atomic E-state index is 0.0188. The molecule has 134 valence electrons. The van der Waals surface area contributed by atoms with Gasteiger partial charge in [0.05, 0.1) is 0 Å². The van der Waals surface area contributed by atoms with Gasteiger partial charge in [-0.05, 0) is 36.5 Å². The molecule has 1 aromatic carbocycles. The summed E-state index contributed by atoms with van der Waals surface area (Å²) in [7, 11) is 0. The average Bonchev–Trinajstić information content (AvgIpc) is 3.09. The Balaban J connectivity index is 1.43. The molecule has 1 N–H and O–H groups in total. The molecule has 0 bridgehead atoms. The number of imidazole rings is 1. The second-order valence-electron chi connectivity index (χ2n) is 6.56. The van der Waals surface area contributed by atoms with Gasteiger partial charge in [0.1, 0.15) is 5.82 Å². The lowest BCUT2D eigenvalue weighted by Crippen LogP contribution is -2.44. The zero-order chi connectivity index (χ0) is 17.6. The van der Waals surface area contributed by atoms with E-state index in [0.29, 0.717) is 17.5 Å². The first kappa shape index (κ1) is 17.8. The average molecular weight is 361 g/mol. The van der Waals surface area contributed by atoms with Gasteiger partial charge in [-0.25, -0.2) is 9.78 Å². The third kappa shape index (κ3) is 4.75. The molecule has 1 aliphatic rings. The minimum Gasteiger partial charge on any atom is -0.335 e. The fraction of sp³-hybridized carbons (Fsp3) is 0.474. The number of urea groups is 1. The van der Waals surface area contributed by atoms with E-state index >= 15 is 0 Å². The molecule has 0 atom stereocenters. The first-order valence-corrected chi connectivity index (χ1v) is 9.30. The lowest BCUT2D eigenvalue weighted by atomic mass is 9.97. The smallest absolute Gasteiger partial charge is 0.317 e. The molecular weight excluding hydrogens is 336 g/mol. The van der Waals surface area contributed by atoms with Gasteiger partial charge in [0.2, 0.25) is 0 Å². The molecule has 1 aliphatic heterocycles. The van der Waals surface area contributed by atoms with Crippen molar-refractivity contribution in [3.63, 3.8) is 0 Å². The van der Waals surface area contributed by atoms with Gasteiger partial charge in [-0.2, -0.15) is 0 Å². The number of nitrogens with zero attached hydrogens (tertiary/aromatic N) is 3. The molecule has 5 nitrogen and oxygen atoms in total. The van der Waals surface area contributed by atoms with Gasteiger partial charge >= 0.3 is 6.03 Å². The lowest BCUT2D eigenvalue weighted by Gasteiger charge is -2.32. The number of hydrogen-bond acceptors (Lipinski definition) is 2. The van der Waals surface area contributed by atoms with E-state index in [4.69, 9.17) is 11.6 Å². The van der Waals surface area contributed by atoms with Crippen molar-refractivity contribution in [2.45, 2.75) is 39.3 Å². The molecule has 25 heavy (non-hydrogen) atoms. The van der Waals surface area contributed by atoms with Crippen LogP contribution in [0.2, 0.25) is 5.02 Å². The van der Waals surface area contributed by atoms with Crippen LogP contribution in [0.25, 0.3) is 0 Å². The Labute approximate surface area is 154 Å². The molecule has 2 heterocycles. The van der Waals surface area contributed by atoms with Crippen LogP contribution >= 0.6 is 11.6 Å². The predicted molar refractivity (Wildman–Crippen MR) is 99.6 cm³/mol. The van der Waals surface area contributed by atoms with E-state index in [1.165, 1.54) is 0 Å². The number of nitrogens with one attached hydrogen (secondary N) is 1. The quantitative estimate of drug-likeness (QED) is 0.883. The highest BCUT2D eigenvalue weighted by Crippen LogP contribution is 2.20. The summed E-state index contributed by atoms with van der Waals surface area (Å²) in [6, 6.07) is 7.58. The van der Waals surface area contributed by atoms with E-state index < -0.39 is 0 Å². The van der Waals surface area contributed by atoms with Crippen molar-refractivity contribution in [1.82, 2.24) is 19.8 Å². The second-order valence-corrected chi connectivity index (χ2v) is 7.00. The van der Waals surface area contributed by atoms with Gasteiger partial charge in [-0.3, -0.25) is 0 Å². The summed E-state index contributed by atoms with van der Waals surface area (Å²) in [5.41, 5.74) is 1.06. The molecule has 0 radical (unpaired) electrons. The molecule has 2 aromatic rings. The highest BCUT2D eigenvalue weighted by atomic mass is 35.5. The van der Waals surface area contributed by atoms with Crippen LogP contribution in [-0.4, -0.2) is 33.6 Å². The fourth-order valence-electron chi connectivity index (χ4n) is 3.31.